The third-order valence-electron chi connectivity index (χ3n) is 2.79. The molecule has 0 aliphatic carbocycles. The Hall–Kier alpha value is -2.02. The number of hydrogen-bond donors (Lipinski definition) is 2. The van der Waals surface area contributed by atoms with Crippen LogP contribution in [0.4, 0.5) is 13.2 Å². The lowest BCUT2D eigenvalue weighted by molar-refractivity contribution is -0.138. The van der Waals surface area contributed by atoms with Gasteiger partial charge in [-0.1, -0.05) is 6.07 Å². The molecule has 2 rings (SSSR count). The van der Waals surface area contributed by atoms with E-state index < -0.39 is 11.7 Å². The van der Waals surface area contributed by atoms with Gasteiger partial charge in [-0.15, -0.1) is 0 Å². The number of ether oxygens (including phenoxy) is 1. The number of H-pyrrole nitrogens is 1. The lowest BCUT2D eigenvalue weighted by Crippen LogP contribution is -2.18. The Kier molecular flexibility index (Phi) is 4.29. The Morgan fingerprint density at radius 3 is 2.70 bits per heavy atom. The van der Waals surface area contributed by atoms with E-state index in [0.717, 1.165) is 6.07 Å². The quantitative estimate of drug-likeness (QED) is 0.888. The Bertz CT molecular complexity index is 552. The highest BCUT2D eigenvalue weighted by Crippen LogP contribution is 2.34. The summed E-state index contributed by atoms with van der Waals surface area (Å²) in [6, 6.07) is 3.93. The van der Waals surface area contributed by atoms with Gasteiger partial charge in [-0.25, -0.2) is 4.98 Å². The van der Waals surface area contributed by atoms with E-state index in [-0.39, 0.29) is 17.9 Å². The number of methoxy groups -OCH3 is 1. The van der Waals surface area contributed by atoms with Crippen LogP contribution in [0, 0.1) is 0 Å². The standard InChI is InChI=1S/C13H14F3N3O/c1-20-10-3-2-9(11(6-10)13(14,15)16)7-17-8-12-18-4-5-19-12/h2-6,17H,7-8H2,1H3,(H,18,19). The summed E-state index contributed by atoms with van der Waals surface area (Å²) in [5.74, 6) is 0.860. The molecule has 7 heteroatoms. The predicted octanol–water partition coefficient (Wildman–Crippen LogP) is 2.73. The average Bonchev–Trinajstić information content (AvgIpc) is 2.91. The number of aromatic amines is 1. The van der Waals surface area contributed by atoms with Gasteiger partial charge in [0.15, 0.2) is 0 Å². The topological polar surface area (TPSA) is 49.9 Å². The minimum Gasteiger partial charge on any atom is -0.497 e. The molecule has 2 aromatic rings. The number of nitrogens with one attached hydrogen (secondary N) is 2. The van der Waals surface area contributed by atoms with Gasteiger partial charge in [0, 0.05) is 18.9 Å². The summed E-state index contributed by atoms with van der Waals surface area (Å²) in [5.41, 5.74) is -0.520. The van der Waals surface area contributed by atoms with E-state index in [1.807, 2.05) is 0 Å². The van der Waals surface area contributed by atoms with Crippen molar-refractivity contribution in [2.24, 2.45) is 0 Å². The van der Waals surface area contributed by atoms with Crippen LogP contribution in [0.1, 0.15) is 17.0 Å². The normalized spacial score (nSPS) is 11.6. The number of aromatic nitrogens is 2. The average molecular weight is 285 g/mol. The number of halogens is 3. The van der Waals surface area contributed by atoms with Gasteiger partial charge in [-0.2, -0.15) is 13.2 Å². The fourth-order valence-corrected chi connectivity index (χ4v) is 1.81. The zero-order valence-electron chi connectivity index (χ0n) is 10.8. The second-order valence-corrected chi connectivity index (χ2v) is 4.16. The molecule has 0 saturated heterocycles. The summed E-state index contributed by atoms with van der Waals surface area (Å²) >= 11 is 0. The first-order chi connectivity index (χ1) is 9.50. The van der Waals surface area contributed by atoms with Crippen molar-refractivity contribution in [3.63, 3.8) is 0 Å². The van der Waals surface area contributed by atoms with Gasteiger partial charge in [0.25, 0.3) is 0 Å². The molecule has 0 unspecified atom stereocenters. The monoisotopic (exact) mass is 285 g/mol. The molecule has 0 fully saturated rings. The highest BCUT2D eigenvalue weighted by atomic mass is 19.4. The highest BCUT2D eigenvalue weighted by Gasteiger charge is 2.33. The summed E-state index contributed by atoms with van der Waals surface area (Å²) in [4.78, 5) is 6.86. The van der Waals surface area contributed by atoms with Crippen molar-refractivity contribution in [2.75, 3.05) is 7.11 Å². The maximum atomic E-state index is 13.0. The van der Waals surface area contributed by atoms with Gasteiger partial charge in [0.1, 0.15) is 11.6 Å². The van der Waals surface area contributed by atoms with Gasteiger partial charge < -0.3 is 15.0 Å². The van der Waals surface area contributed by atoms with Crippen LogP contribution in [-0.4, -0.2) is 17.1 Å². The summed E-state index contributed by atoms with van der Waals surface area (Å²) in [6.45, 7) is 0.468. The number of imidazole rings is 1. The van der Waals surface area contributed by atoms with Crippen LogP contribution in [0.2, 0.25) is 0 Å². The predicted molar refractivity (Wildman–Crippen MR) is 67.1 cm³/mol. The SMILES string of the molecule is COc1ccc(CNCc2ncc[nH]2)c(C(F)(F)F)c1. The molecule has 2 N–H and O–H groups in total. The first-order valence-corrected chi connectivity index (χ1v) is 5.94. The Morgan fingerprint density at radius 2 is 2.10 bits per heavy atom. The Morgan fingerprint density at radius 1 is 1.30 bits per heavy atom. The first kappa shape index (κ1) is 14.4. The maximum absolute atomic E-state index is 13.0. The van der Waals surface area contributed by atoms with E-state index in [1.165, 1.54) is 19.2 Å². The van der Waals surface area contributed by atoms with Crippen molar-refractivity contribution < 1.29 is 17.9 Å². The number of alkyl halides is 3. The van der Waals surface area contributed by atoms with Crippen molar-refractivity contribution in [1.82, 2.24) is 15.3 Å². The van der Waals surface area contributed by atoms with E-state index in [9.17, 15) is 13.2 Å². The summed E-state index contributed by atoms with van der Waals surface area (Å²) in [7, 11) is 1.34. The van der Waals surface area contributed by atoms with E-state index in [0.29, 0.717) is 12.4 Å². The molecule has 0 radical (unpaired) electrons. The minimum atomic E-state index is -4.41. The molecule has 0 aliphatic rings. The molecule has 1 heterocycles. The molecular weight excluding hydrogens is 271 g/mol. The second kappa shape index (κ2) is 5.96. The van der Waals surface area contributed by atoms with E-state index in [1.54, 1.807) is 12.4 Å². The molecule has 0 atom stereocenters. The van der Waals surface area contributed by atoms with Gasteiger partial charge in [-0.05, 0) is 17.7 Å². The van der Waals surface area contributed by atoms with E-state index in [2.05, 4.69) is 15.3 Å². The molecule has 0 amide bonds. The Balaban J connectivity index is 2.10. The van der Waals surface area contributed by atoms with Crippen LogP contribution in [0.25, 0.3) is 0 Å². The maximum Gasteiger partial charge on any atom is 0.416 e. The second-order valence-electron chi connectivity index (χ2n) is 4.16. The van der Waals surface area contributed by atoms with Gasteiger partial charge in [-0.3, -0.25) is 0 Å². The van der Waals surface area contributed by atoms with Gasteiger partial charge >= 0.3 is 6.18 Å². The molecule has 20 heavy (non-hydrogen) atoms. The molecule has 4 nitrogen and oxygen atoms in total. The van der Waals surface area contributed by atoms with Crippen molar-refractivity contribution >= 4 is 0 Å². The number of hydrogen-bond acceptors (Lipinski definition) is 3. The van der Waals surface area contributed by atoms with Crippen molar-refractivity contribution in [2.45, 2.75) is 19.3 Å². The van der Waals surface area contributed by atoms with Crippen LogP contribution in [0.3, 0.4) is 0 Å². The van der Waals surface area contributed by atoms with Crippen LogP contribution in [0.5, 0.6) is 5.75 Å². The smallest absolute Gasteiger partial charge is 0.416 e. The van der Waals surface area contributed by atoms with Crippen molar-refractivity contribution in [1.29, 1.82) is 0 Å². The van der Waals surface area contributed by atoms with Crippen molar-refractivity contribution in [3.8, 4) is 5.75 Å². The molecular formula is C13H14F3N3O. The van der Waals surface area contributed by atoms with Gasteiger partial charge in [0.05, 0.1) is 19.2 Å². The van der Waals surface area contributed by atoms with Crippen LogP contribution < -0.4 is 10.1 Å². The molecule has 0 aliphatic heterocycles. The van der Waals surface area contributed by atoms with Crippen LogP contribution >= 0.6 is 0 Å². The fourth-order valence-electron chi connectivity index (χ4n) is 1.81. The zero-order chi connectivity index (χ0) is 14.6. The fraction of sp³-hybridized carbons (Fsp3) is 0.308. The van der Waals surface area contributed by atoms with Crippen LogP contribution in [-0.2, 0) is 19.3 Å². The van der Waals surface area contributed by atoms with E-state index >= 15 is 0 Å². The largest absolute Gasteiger partial charge is 0.497 e. The number of rotatable bonds is 5. The first-order valence-electron chi connectivity index (χ1n) is 5.94. The molecule has 0 bridgehead atoms. The highest BCUT2D eigenvalue weighted by molar-refractivity contribution is 5.37. The Labute approximate surface area is 114 Å². The third kappa shape index (κ3) is 3.51. The lowest BCUT2D eigenvalue weighted by Gasteiger charge is -2.14. The van der Waals surface area contributed by atoms with E-state index in [4.69, 9.17) is 4.74 Å². The summed E-state index contributed by atoms with van der Waals surface area (Å²) in [6.07, 6.45) is -1.16. The number of nitrogens with zero attached hydrogens (tertiary/aromatic N) is 1. The number of benzene rings is 1. The zero-order valence-corrected chi connectivity index (χ0v) is 10.8. The molecule has 1 aromatic carbocycles. The minimum absolute atomic E-state index is 0.0968. The molecule has 0 saturated carbocycles. The molecule has 108 valence electrons. The molecule has 0 spiro atoms. The molecule has 1 aromatic heterocycles. The lowest BCUT2D eigenvalue weighted by atomic mass is 10.1. The van der Waals surface area contributed by atoms with Crippen molar-refractivity contribution in [3.05, 3.63) is 47.5 Å². The van der Waals surface area contributed by atoms with Crippen LogP contribution in [0.15, 0.2) is 30.6 Å². The summed E-state index contributed by atoms with van der Waals surface area (Å²) in [5, 5.41) is 2.92. The van der Waals surface area contributed by atoms with Gasteiger partial charge in [0.2, 0.25) is 0 Å². The third-order valence-corrected chi connectivity index (χ3v) is 2.79. The summed E-state index contributed by atoms with van der Waals surface area (Å²) < 4.78 is 43.7.